The van der Waals surface area contributed by atoms with Crippen molar-refractivity contribution in [3.8, 4) is 0 Å². The van der Waals surface area contributed by atoms with Crippen LogP contribution in [0.3, 0.4) is 0 Å². The van der Waals surface area contributed by atoms with Crippen molar-refractivity contribution in [2.75, 3.05) is 0 Å². The Morgan fingerprint density at radius 2 is 1.77 bits per heavy atom. The van der Waals surface area contributed by atoms with Gasteiger partial charge in [0.15, 0.2) is 0 Å². The zero-order valence-electron chi connectivity index (χ0n) is 22.8. The number of carbonyl (C=O) groups excluding carboxylic acids is 2. The van der Waals surface area contributed by atoms with E-state index in [2.05, 4.69) is 67.2 Å². The predicted molar refractivity (Wildman–Crippen MR) is 139 cm³/mol. The van der Waals surface area contributed by atoms with Crippen molar-refractivity contribution in [1.29, 1.82) is 0 Å². The highest BCUT2D eigenvalue weighted by Crippen LogP contribution is 2.70. The van der Waals surface area contributed by atoms with Crippen LogP contribution in [-0.2, 0) is 14.4 Å². The van der Waals surface area contributed by atoms with Crippen LogP contribution in [0, 0.1) is 45.3 Å². The number of fused-ring (bicyclic) bond motifs is 5. The highest BCUT2D eigenvalue weighted by molar-refractivity contribution is 5.91. The van der Waals surface area contributed by atoms with Crippen LogP contribution in [0.1, 0.15) is 93.4 Å². The SMILES string of the molecule is C=C(CC[C@@H](C(=O)O)[C@H]1C(=O)C[C@@]2(C)C3=CC[C@H]4C(C)(C)C(=O)CC[C@]4(C)C3=CC[C@]12C)C(C)C. The van der Waals surface area contributed by atoms with Crippen LogP contribution in [0.25, 0.3) is 0 Å². The molecule has 4 aliphatic rings. The molecule has 6 atom stereocenters. The van der Waals surface area contributed by atoms with Gasteiger partial charge in [0, 0.05) is 29.6 Å². The van der Waals surface area contributed by atoms with Gasteiger partial charge in [-0.1, -0.05) is 72.8 Å². The van der Waals surface area contributed by atoms with E-state index in [0.717, 1.165) is 18.4 Å². The van der Waals surface area contributed by atoms with Gasteiger partial charge in [0.05, 0.1) is 5.92 Å². The van der Waals surface area contributed by atoms with Gasteiger partial charge in [-0.2, -0.15) is 0 Å². The van der Waals surface area contributed by atoms with Crippen molar-refractivity contribution in [3.05, 3.63) is 35.5 Å². The topological polar surface area (TPSA) is 71.4 Å². The summed E-state index contributed by atoms with van der Waals surface area (Å²) in [5.41, 5.74) is 2.34. The standard InChI is InChI=1S/C31H44O4/c1-18(2)19(3)9-10-20(27(34)35)26-23(32)17-31(8)22-11-12-24-28(4,5)25(33)14-15-29(24,6)21(22)13-16-30(26,31)7/h11,13,18,20,24,26H,3,9-10,12,14-17H2,1-2,4-8H3,(H,34,35)/t20-,24+,26+,29-,30-,31+/m1/s1. The molecule has 0 heterocycles. The normalized spacial score (nSPS) is 38.7. The Kier molecular flexibility index (Phi) is 6.18. The maximum atomic E-state index is 13.7. The van der Waals surface area contributed by atoms with E-state index in [1.54, 1.807) is 0 Å². The molecule has 4 rings (SSSR count). The number of ketones is 2. The molecule has 0 aromatic rings. The molecule has 4 heteroatoms. The maximum Gasteiger partial charge on any atom is 0.307 e. The Labute approximate surface area is 211 Å². The van der Waals surface area contributed by atoms with Crippen molar-refractivity contribution >= 4 is 17.5 Å². The Balaban J connectivity index is 1.74. The lowest BCUT2D eigenvalue weighted by atomic mass is 9.44. The zero-order chi connectivity index (χ0) is 26.1. The summed E-state index contributed by atoms with van der Waals surface area (Å²) in [6.07, 6.45) is 9.11. The number of Topliss-reactive ketones (excluding diaryl/α,β-unsaturated/α-hetero) is 2. The third-order valence-electron chi connectivity index (χ3n) is 11.2. The average Bonchev–Trinajstić information content (AvgIpc) is 2.97. The summed E-state index contributed by atoms with van der Waals surface area (Å²) in [5.74, 6) is -1.06. The second-order valence-corrected chi connectivity index (χ2v) is 13.5. The fourth-order valence-corrected chi connectivity index (χ4v) is 8.42. The van der Waals surface area contributed by atoms with Crippen molar-refractivity contribution < 1.29 is 19.5 Å². The summed E-state index contributed by atoms with van der Waals surface area (Å²) in [6.45, 7) is 19.2. The van der Waals surface area contributed by atoms with Crippen LogP contribution in [0.4, 0.5) is 0 Å². The van der Waals surface area contributed by atoms with E-state index in [9.17, 15) is 19.5 Å². The van der Waals surface area contributed by atoms with Crippen molar-refractivity contribution in [1.82, 2.24) is 0 Å². The fourth-order valence-electron chi connectivity index (χ4n) is 8.42. The van der Waals surface area contributed by atoms with Gasteiger partial charge in [-0.15, -0.1) is 0 Å². The third kappa shape index (κ3) is 3.56. The monoisotopic (exact) mass is 480 g/mol. The van der Waals surface area contributed by atoms with Crippen LogP contribution in [0.5, 0.6) is 0 Å². The number of hydrogen-bond donors (Lipinski definition) is 1. The second-order valence-electron chi connectivity index (χ2n) is 13.5. The molecule has 1 N–H and O–H groups in total. The summed E-state index contributed by atoms with van der Waals surface area (Å²) < 4.78 is 0. The molecule has 2 saturated carbocycles. The molecule has 0 radical (unpaired) electrons. The molecular weight excluding hydrogens is 436 g/mol. The Morgan fingerprint density at radius 3 is 2.37 bits per heavy atom. The van der Waals surface area contributed by atoms with Gasteiger partial charge in [0.2, 0.25) is 0 Å². The van der Waals surface area contributed by atoms with Gasteiger partial charge in [0.25, 0.3) is 0 Å². The maximum absolute atomic E-state index is 13.7. The van der Waals surface area contributed by atoms with Crippen molar-refractivity contribution in [2.24, 2.45) is 45.3 Å². The molecule has 4 aliphatic carbocycles. The molecule has 4 nitrogen and oxygen atoms in total. The van der Waals surface area contributed by atoms with E-state index < -0.39 is 23.2 Å². The molecule has 0 unspecified atom stereocenters. The second kappa shape index (κ2) is 8.28. The molecule has 35 heavy (non-hydrogen) atoms. The van der Waals surface area contributed by atoms with E-state index in [1.165, 1.54) is 11.1 Å². The first-order valence-electron chi connectivity index (χ1n) is 13.5. The van der Waals surface area contributed by atoms with Gasteiger partial charge >= 0.3 is 5.97 Å². The molecule has 0 aromatic carbocycles. The van der Waals surface area contributed by atoms with Gasteiger partial charge in [-0.3, -0.25) is 14.4 Å². The van der Waals surface area contributed by atoms with Crippen molar-refractivity contribution in [2.45, 2.75) is 93.4 Å². The number of aliphatic carboxylic acids is 1. The summed E-state index contributed by atoms with van der Waals surface area (Å²) >= 11 is 0. The molecule has 0 aromatic heterocycles. The number of hydrogen-bond acceptors (Lipinski definition) is 3. The number of rotatable bonds is 6. The van der Waals surface area contributed by atoms with E-state index in [0.29, 0.717) is 43.8 Å². The average molecular weight is 481 g/mol. The Bertz CT molecular complexity index is 1040. The molecule has 0 saturated heterocycles. The minimum atomic E-state index is -0.864. The quantitative estimate of drug-likeness (QED) is 0.417. The van der Waals surface area contributed by atoms with Crippen molar-refractivity contribution in [3.63, 3.8) is 0 Å². The zero-order valence-corrected chi connectivity index (χ0v) is 22.8. The van der Waals surface area contributed by atoms with Gasteiger partial charge in [-0.05, 0) is 65.9 Å². The van der Waals surface area contributed by atoms with Crippen LogP contribution < -0.4 is 0 Å². The highest BCUT2D eigenvalue weighted by Gasteiger charge is 2.66. The lowest BCUT2D eigenvalue weighted by molar-refractivity contribution is -0.149. The number of carboxylic acid groups (broad SMARTS) is 1. The van der Waals surface area contributed by atoms with Gasteiger partial charge in [0.1, 0.15) is 11.6 Å². The number of carbonyl (C=O) groups is 3. The van der Waals surface area contributed by atoms with E-state index in [4.69, 9.17) is 0 Å². The molecule has 0 amide bonds. The Morgan fingerprint density at radius 1 is 1.11 bits per heavy atom. The lowest BCUT2D eigenvalue weighted by Crippen LogP contribution is -2.53. The minimum Gasteiger partial charge on any atom is -0.481 e. The first-order valence-corrected chi connectivity index (χ1v) is 13.5. The van der Waals surface area contributed by atoms with Crippen LogP contribution in [0.15, 0.2) is 35.5 Å². The first-order chi connectivity index (χ1) is 16.1. The smallest absolute Gasteiger partial charge is 0.307 e. The van der Waals surface area contributed by atoms with E-state index >= 15 is 0 Å². The Hall–Kier alpha value is -1.97. The summed E-state index contributed by atoms with van der Waals surface area (Å²) in [4.78, 5) is 39.0. The predicted octanol–water partition coefficient (Wildman–Crippen LogP) is 6.95. The molecule has 192 valence electrons. The molecular formula is C31H44O4. The van der Waals surface area contributed by atoms with E-state index in [1.807, 2.05) is 0 Å². The third-order valence-corrected chi connectivity index (χ3v) is 11.2. The summed E-state index contributed by atoms with van der Waals surface area (Å²) in [7, 11) is 0. The fraction of sp³-hybridized carbons (Fsp3) is 0.710. The first kappa shape index (κ1) is 26.1. The molecule has 2 fully saturated rings. The summed E-state index contributed by atoms with van der Waals surface area (Å²) in [6, 6.07) is 0. The molecule has 0 spiro atoms. The van der Waals surface area contributed by atoms with Crippen LogP contribution in [0.2, 0.25) is 0 Å². The van der Waals surface area contributed by atoms with Crippen LogP contribution >= 0.6 is 0 Å². The van der Waals surface area contributed by atoms with Gasteiger partial charge < -0.3 is 5.11 Å². The summed E-state index contributed by atoms with van der Waals surface area (Å²) in [5, 5.41) is 10.3. The van der Waals surface area contributed by atoms with Crippen LogP contribution in [-0.4, -0.2) is 22.6 Å². The number of allylic oxidation sites excluding steroid dienone is 5. The highest BCUT2D eigenvalue weighted by atomic mass is 16.4. The largest absolute Gasteiger partial charge is 0.481 e. The number of carboxylic acids is 1. The molecule has 0 bridgehead atoms. The van der Waals surface area contributed by atoms with Gasteiger partial charge in [-0.25, -0.2) is 0 Å². The lowest BCUT2D eigenvalue weighted by Gasteiger charge is -2.59. The molecule has 0 aliphatic heterocycles. The van der Waals surface area contributed by atoms with E-state index in [-0.39, 0.29) is 27.9 Å². The minimum absolute atomic E-state index is 0.0891.